The standard InChI is InChI=1S/C16H22N2O2/c1-2-4-14-13(3-1)17-7-8-18(14)10-12-5-6-15-16(9-12)20-11-19-15/h5-6,9,13-14,17H,1-4,7-8,10-11H2/t13-,14-/m0/s1. The molecule has 2 atom stereocenters. The van der Waals surface area contributed by atoms with Gasteiger partial charge in [-0.2, -0.15) is 0 Å². The van der Waals surface area contributed by atoms with E-state index in [1.165, 1.54) is 31.2 Å². The first-order valence-electron chi connectivity index (χ1n) is 7.76. The van der Waals surface area contributed by atoms with Gasteiger partial charge >= 0.3 is 0 Å². The van der Waals surface area contributed by atoms with Crippen LogP contribution in [-0.4, -0.2) is 36.9 Å². The topological polar surface area (TPSA) is 33.7 Å². The molecular weight excluding hydrogens is 252 g/mol. The van der Waals surface area contributed by atoms with E-state index in [2.05, 4.69) is 22.3 Å². The Kier molecular flexibility index (Phi) is 3.28. The predicted octanol–water partition coefficient (Wildman–Crippen LogP) is 2.13. The lowest BCUT2D eigenvalue weighted by molar-refractivity contribution is 0.0815. The van der Waals surface area contributed by atoms with Crippen LogP contribution in [0.15, 0.2) is 18.2 Å². The molecule has 1 saturated carbocycles. The van der Waals surface area contributed by atoms with Gasteiger partial charge in [0.25, 0.3) is 0 Å². The van der Waals surface area contributed by atoms with Gasteiger partial charge in [-0.05, 0) is 30.5 Å². The highest BCUT2D eigenvalue weighted by atomic mass is 16.7. The third-order valence-electron chi connectivity index (χ3n) is 4.83. The maximum Gasteiger partial charge on any atom is 0.231 e. The van der Waals surface area contributed by atoms with Crippen molar-refractivity contribution >= 4 is 0 Å². The molecule has 4 nitrogen and oxygen atoms in total. The number of piperazine rings is 1. The zero-order valence-electron chi connectivity index (χ0n) is 11.8. The third-order valence-corrected chi connectivity index (χ3v) is 4.83. The molecule has 20 heavy (non-hydrogen) atoms. The van der Waals surface area contributed by atoms with Crippen LogP contribution in [0.25, 0.3) is 0 Å². The second-order valence-corrected chi connectivity index (χ2v) is 6.07. The van der Waals surface area contributed by atoms with Gasteiger partial charge in [0.1, 0.15) is 0 Å². The highest BCUT2D eigenvalue weighted by Crippen LogP contribution is 2.33. The van der Waals surface area contributed by atoms with Crippen molar-refractivity contribution in [1.29, 1.82) is 0 Å². The minimum absolute atomic E-state index is 0.358. The van der Waals surface area contributed by atoms with E-state index in [4.69, 9.17) is 9.47 Å². The molecule has 3 aliphatic rings. The van der Waals surface area contributed by atoms with Crippen molar-refractivity contribution in [2.24, 2.45) is 0 Å². The van der Waals surface area contributed by atoms with Gasteiger partial charge in [0.15, 0.2) is 11.5 Å². The molecule has 0 amide bonds. The summed E-state index contributed by atoms with van der Waals surface area (Å²) in [6, 6.07) is 7.77. The summed E-state index contributed by atoms with van der Waals surface area (Å²) in [6.45, 7) is 3.65. The van der Waals surface area contributed by atoms with E-state index in [0.717, 1.165) is 31.1 Å². The summed E-state index contributed by atoms with van der Waals surface area (Å²) in [5, 5.41) is 3.69. The summed E-state index contributed by atoms with van der Waals surface area (Å²) < 4.78 is 10.9. The van der Waals surface area contributed by atoms with Crippen LogP contribution in [0.4, 0.5) is 0 Å². The fourth-order valence-corrected chi connectivity index (χ4v) is 3.82. The zero-order valence-corrected chi connectivity index (χ0v) is 11.8. The van der Waals surface area contributed by atoms with E-state index in [0.29, 0.717) is 18.9 Å². The fraction of sp³-hybridized carbons (Fsp3) is 0.625. The van der Waals surface area contributed by atoms with Crippen LogP contribution in [0.1, 0.15) is 31.2 Å². The second-order valence-electron chi connectivity index (χ2n) is 6.07. The monoisotopic (exact) mass is 274 g/mol. The van der Waals surface area contributed by atoms with E-state index in [1.54, 1.807) is 0 Å². The molecule has 108 valence electrons. The summed E-state index contributed by atoms with van der Waals surface area (Å²) in [7, 11) is 0. The van der Waals surface area contributed by atoms with E-state index < -0.39 is 0 Å². The molecule has 0 aromatic heterocycles. The van der Waals surface area contributed by atoms with Gasteiger partial charge in [-0.15, -0.1) is 0 Å². The third kappa shape index (κ3) is 2.27. The molecule has 0 bridgehead atoms. The molecule has 2 fully saturated rings. The number of rotatable bonds is 2. The van der Waals surface area contributed by atoms with Gasteiger partial charge in [0, 0.05) is 31.7 Å². The Labute approximate surface area is 120 Å². The lowest BCUT2D eigenvalue weighted by atomic mass is 9.87. The second kappa shape index (κ2) is 5.26. The first kappa shape index (κ1) is 12.5. The van der Waals surface area contributed by atoms with Crippen molar-refractivity contribution in [2.75, 3.05) is 19.9 Å². The minimum atomic E-state index is 0.358. The van der Waals surface area contributed by atoms with Crippen LogP contribution >= 0.6 is 0 Å². The lowest BCUT2D eigenvalue weighted by Crippen LogP contribution is -2.58. The largest absolute Gasteiger partial charge is 0.454 e. The average Bonchev–Trinajstić information content (AvgIpc) is 2.95. The molecule has 1 aromatic carbocycles. The summed E-state index contributed by atoms with van der Waals surface area (Å²) in [5.41, 5.74) is 1.33. The Morgan fingerprint density at radius 2 is 2.05 bits per heavy atom. The molecule has 2 heterocycles. The number of benzene rings is 1. The maximum atomic E-state index is 5.48. The van der Waals surface area contributed by atoms with E-state index in [1.807, 2.05) is 6.07 Å². The molecule has 1 aliphatic carbocycles. The van der Waals surface area contributed by atoms with Gasteiger partial charge < -0.3 is 14.8 Å². The molecule has 1 aromatic rings. The fourth-order valence-electron chi connectivity index (χ4n) is 3.82. The van der Waals surface area contributed by atoms with Gasteiger partial charge in [0.05, 0.1) is 0 Å². The van der Waals surface area contributed by atoms with Gasteiger partial charge in [-0.1, -0.05) is 18.9 Å². The molecule has 4 rings (SSSR count). The zero-order chi connectivity index (χ0) is 13.4. The Bertz CT molecular complexity index is 489. The highest BCUT2D eigenvalue weighted by Gasteiger charge is 2.32. The van der Waals surface area contributed by atoms with E-state index >= 15 is 0 Å². The van der Waals surface area contributed by atoms with E-state index in [-0.39, 0.29) is 0 Å². The Hall–Kier alpha value is -1.26. The lowest BCUT2D eigenvalue weighted by Gasteiger charge is -2.44. The Morgan fingerprint density at radius 1 is 1.15 bits per heavy atom. The van der Waals surface area contributed by atoms with Crippen molar-refractivity contribution in [1.82, 2.24) is 10.2 Å². The van der Waals surface area contributed by atoms with Crippen LogP contribution < -0.4 is 14.8 Å². The predicted molar refractivity (Wildman–Crippen MR) is 77.0 cm³/mol. The Morgan fingerprint density at radius 3 is 3.05 bits per heavy atom. The number of nitrogens with zero attached hydrogens (tertiary/aromatic N) is 1. The average molecular weight is 274 g/mol. The van der Waals surface area contributed by atoms with Crippen molar-refractivity contribution in [2.45, 2.75) is 44.3 Å². The Balaban J connectivity index is 1.50. The van der Waals surface area contributed by atoms with Gasteiger partial charge in [0.2, 0.25) is 6.79 Å². The number of hydrogen-bond acceptors (Lipinski definition) is 4. The molecule has 0 spiro atoms. The normalized spacial score (nSPS) is 29.2. The highest BCUT2D eigenvalue weighted by molar-refractivity contribution is 5.44. The SMILES string of the molecule is c1cc2c(cc1CN1CCN[C@H]3CCCC[C@@H]31)OCO2. The van der Waals surface area contributed by atoms with Crippen LogP contribution in [-0.2, 0) is 6.54 Å². The molecule has 2 aliphatic heterocycles. The summed E-state index contributed by atoms with van der Waals surface area (Å²) in [4.78, 5) is 2.65. The molecule has 0 radical (unpaired) electrons. The number of fused-ring (bicyclic) bond motifs is 2. The molecule has 1 saturated heterocycles. The quantitative estimate of drug-likeness (QED) is 0.896. The summed E-state index contributed by atoms with van der Waals surface area (Å²) in [5.74, 6) is 1.78. The van der Waals surface area contributed by atoms with Gasteiger partial charge in [-0.3, -0.25) is 4.90 Å². The smallest absolute Gasteiger partial charge is 0.231 e. The number of nitrogens with one attached hydrogen (secondary N) is 1. The van der Waals surface area contributed by atoms with Crippen molar-refractivity contribution in [3.63, 3.8) is 0 Å². The number of hydrogen-bond donors (Lipinski definition) is 1. The first-order valence-corrected chi connectivity index (χ1v) is 7.76. The van der Waals surface area contributed by atoms with Crippen LogP contribution in [0.2, 0.25) is 0 Å². The molecule has 0 unspecified atom stereocenters. The number of ether oxygens (including phenoxy) is 2. The van der Waals surface area contributed by atoms with Crippen molar-refractivity contribution in [3.05, 3.63) is 23.8 Å². The molecule has 4 heteroatoms. The van der Waals surface area contributed by atoms with Crippen LogP contribution in [0.3, 0.4) is 0 Å². The first-order chi connectivity index (χ1) is 9.90. The summed E-state index contributed by atoms with van der Waals surface area (Å²) >= 11 is 0. The molecular formula is C16H22N2O2. The minimum Gasteiger partial charge on any atom is -0.454 e. The maximum absolute atomic E-state index is 5.48. The van der Waals surface area contributed by atoms with Crippen molar-refractivity contribution in [3.8, 4) is 11.5 Å². The van der Waals surface area contributed by atoms with Crippen molar-refractivity contribution < 1.29 is 9.47 Å². The summed E-state index contributed by atoms with van der Waals surface area (Å²) in [6.07, 6.45) is 5.43. The van der Waals surface area contributed by atoms with Crippen LogP contribution in [0, 0.1) is 0 Å². The molecule has 1 N–H and O–H groups in total. The van der Waals surface area contributed by atoms with Crippen LogP contribution in [0.5, 0.6) is 11.5 Å². The van der Waals surface area contributed by atoms with Gasteiger partial charge in [-0.25, -0.2) is 0 Å². The van der Waals surface area contributed by atoms with E-state index in [9.17, 15) is 0 Å².